The molecule has 0 unspecified atom stereocenters. The number of allylic oxidation sites excluding steroid dienone is 1. The average Bonchev–Trinajstić information content (AvgIpc) is 2.84. The summed E-state index contributed by atoms with van der Waals surface area (Å²) in [6, 6.07) is 12.5. The van der Waals surface area contributed by atoms with Gasteiger partial charge < -0.3 is 11.1 Å². The van der Waals surface area contributed by atoms with Crippen LogP contribution in [0.2, 0.25) is 0 Å². The average molecular weight is 486 g/mol. The summed E-state index contributed by atoms with van der Waals surface area (Å²) in [6.45, 7) is 0.572. The summed E-state index contributed by atoms with van der Waals surface area (Å²) in [5.74, 6) is -2.02. The predicted octanol–water partition coefficient (Wildman–Crippen LogP) is 3.56. The highest BCUT2D eigenvalue weighted by Gasteiger charge is 2.12. The van der Waals surface area contributed by atoms with Gasteiger partial charge in [-0.25, -0.2) is 21.9 Å². The summed E-state index contributed by atoms with van der Waals surface area (Å²) >= 11 is 0. The minimum absolute atomic E-state index is 0.135. The lowest BCUT2D eigenvalue weighted by Crippen LogP contribution is -2.26. The van der Waals surface area contributed by atoms with E-state index in [9.17, 15) is 17.2 Å². The van der Waals surface area contributed by atoms with Crippen molar-refractivity contribution in [3.8, 4) is 11.1 Å². The number of nitrogens with one attached hydrogen (secondary N) is 2. The molecule has 10 heteroatoms. The monoisotopic (exact) mass is 485 g/mol. The molecule has 3 rings (SSSR count). The Balaban J connectivity index is 1.88. The zero-order valence-electron chi connectivity index (χ0n) is 18.5. The lowest BCUT2D eigenvalue weighted by atomic mass is 10.00. The van der Waals surface area contributed by atoms with Crippen LogP contribution in [0.4, 0.5) is 14.5 Å². The van der Waals surface area contributed by atoms with Gasteiger partial charge in [0, 0.05) is 42.1 Å². The van der Waals surface area contributed by atoms with Crippen molar-refractivity contribution in [3.63, 3.8) is 0 Å². The maximum Gasteiger partial charge on any atom is 0.213 e. The Labute approximate surface area is 197 Å². The molecule has 7 nitrogen and oxygen atoms in total. The molecular weight excluding hydrogens is 460 g/mol. The summed E-state index contributed by atoms with van der Waals surface area (Å²) in [6.07, 6.45) is 6.59. The lowest BCUT2D eigenvalue weighted by molar-refractivity contribution is 0.509. The predicted molar refractivity (Wildman–Crippen MR) is 132 cm³/mol. The second kappa shape index (κ2) is 11.5. The number of rotatable bonds is 10. The molecule has 4 N–H and O–H groups in total. The molecule has 0 saturated heterocycles. The maximum atomic E-state index is 13.8. The van der Waals surface area contributed by atoms with Crippen molar-refractivity contribution < 1.29 is 17.2 Å². The maximum absolute atomic E-state index is 13.8. The highest BCUT2D eigenvalue weighted by molar-refractivity contribution is 7.89. The van der Waals surface area contributed by atoms with Crippen LogP contribution < -0.4 is 15.8 Å². The standard InChI is InChI=1S/C24H25F2N5O2S/c1-28-34(32,33)12-11-31-24-7-5-18(19-4-6-21(25)22(26)14-19)13-20(24)23(27)8-10-30-16-17-3-2-9-29-15-17/h2-10,13-15,28,31H,11-12,16,27H2,1H3. The minimum Gasteiger partial charge on any atom is -0.398 e. The van der Waals surface area contributed by atoms with Gasteiger partial charge in [-0.1, -0.05) is 18.2 Å². The van der Waals surface area contributed by atoms with Crippen molar-refractivity contribution in [3.05, 3.63) is 89.8 Å². The third-order valence-corrected chi connectivity index (χ3v) is 6.30. The molecule has 1 heterocycles. The molecule has 3 aromatic rings. The first-order valence-corrected chi connectivity index (χ1v) is 12.0. The molecule has 0 saturated carbocycles. The van der Waals surface area contributed by atoms with E-state index in [4.69, 9.17) is 5.73 Å². The Morgan fingerprint density at radius 1 is 1.12 bits per heavy atom. The van der Waals surface area contributed by atoms with Gasteiger partial charge in [-0.2, -0.15) is 0 Å². The summed E-state index contributed by atoms with van der Waals surface area (Å²) in [7, 11) is -2.04. The van der Waals surface area contributed by atoms with Crippen molar-refractivity contribution in [1.82, 2.24) is 9.71 Å². The van der Waals surface area contributed by atoms with Gasteiger partial charge in [-0.15, -0.1) is 0 Å². The van der Waals surface area contributed by atoms with Gasteiger partial charge in [0.05, 0.1) is 12.3 Å². The van der Waals surface area contributed by atoms with Gasteiger partial charge in [0.1, 0.15) is 0 Å². The van der Waals surface area contributed by atoms with Crippen molar-refractivity contribution in [1.29, 1.82) is 0 Å². The van der Waals surface area contributed by atoms with Crippen molar-refractivity contribution in [2.75, 3.05) is 24.7 Å². The molecule has 0 atom stereocenters. The summed E-state index contributed by atoms with van der Waals surface area (Å²) in [5, 5.41) is 3.07. The number of sulfonamides is 1. The number of anilines is 1. The van der Waals surface area contributed by atoms with E-state index < -0.39 is 21.7 Å². The fraction of sp³-hybridized carbons (Fsp3) is 0.167. The molecule has 0 amide bonds. The van der Waals surface area contributed by atoms with Crippen molar-refractivity contribution in [2.24, 2.45) is 10.7 Å². The molecule has 178 valence electrons. The van der Waals surface area contributed by atoms with Crippen LogP contribution in [0.5, 0.6) is 0 Å². The van der Waals surface area contributed by atoms with Crippen LogP contribution in [0.15, 0.2) is 72.0 Å². The molecule has 0 fully saturated rings. The van der Waals surface area contributed by atoms with E-state index in [0.29, 0.717) is 34.6 Å². The first kappa shape index (κ1) is 25.0. The van der Waals surface area contributed by atoms with Crippen LogP contribution in [-0.2, 0) is 16.6 Å². The minimum atomic E-state index is -3.39. The zero-order valence-corrected chi connectivity index (χ0v) is 19.3. The second-order valence-electron chi connectivity index (χ2n) is 7.31. The van der Waals surface area contributed by atoms with E-state index in [-0.39, 0.29) is 12.3 Å². The number of halogens is 2. The molecule has 0 bridgehead atoms. The topological polar surface area (TPSA) is 109 Å². The molecule has 34 heavy (non-hydrogen) atoms. The third-order valence-electron chi connectivity index (χ3n) is 4.94. The number of pyridine rings is 1. The van der Waals surface area contributed by atoms with Gasteiger partial charge in [-0.05, 0) is 60.1 Å². The highest BCUT2D eigenvalue weighted by Crippen LogP contribution is 2.29. The van der Waals surface area contributed by atoms with Gasteiger partial charge in [0.2, 0.25) is 10.0 Å². The SMILES string of the molecule is CNS(=O)(=O)CCNc1ccc(-c2ccc(F)c(F)c2)cc1C(N)=CC=NCc1cccnc1. The van der Waals surface area contributed by atoms with Crippen molar-refractivity contribution in [2.45, 2.75) is 6.54 Å². The number of hydrogen-bond acceptors (Lipinski definition) is 6. The first-order valence-electron chi connectivity index (χ1n) is 10.4. The molecule has 2 aromatic carbocycles. The molecule has 0 spiro atoms. The van der Waals surface area contributed by atoms with Crippen LogP contribution in [0, 0.1) is 11.6 Å². The second-order valence-corrected chi connectivity index (χ2v) is 9.36. The molecule has 1 aromatic heterocycles. The van der Waals surface area contributed by atoms with E-state index in [0.717, 1.165) is 17.7 Å². The number of aliphatic imine (C=N–C) groups is 1. The van der Waals surface area contributed by atoms with Crippen molar-refractivity contribution >= 4 is 27.6 Å². The van der Waals surface area contributed by atoms with E-state index in [1.807, 2.05) is 12.1 Å². The quantitative estimate of drug-likeness (QED) is 0.381. The molecule has 0 aliphatic heterocycles. The molecule has 0 radical (unpaired) electrons. The fourth-order valence-corrected chi connectivity index (χ4v) is 3.66. The Morgan fingerprint density at radius 3 is 2.59 bits per heavy atom. The highest BCUT2D eigenvalue weighted by atomic mass is 32.2. The number of hydrogen-bond donors (Lipinski definition) is 3. The number of nitrogens with two attached hydrogens (primary N) is 1. The van der Waals surface area contributed by atoms with Gasteiger partial charge in [0.25, 0.3) is 0 Å². The van der Waals surface area contributed by atoms with Gasteiger partial charge in [0.15, 0.2) is 11.6 Å². The molecular formula is C24H25F2N5O2S. The van der Waals surface area contributed by atoms with Crippen LogP contribution in [0.3, 0.4) is 0 Å². The summed E-state index contributed by atoms with van der Waals surface area (Å²) in [5.41, 5.74) is 9.86. The largest absolute Gasteiger partial charge is 0.398 e. The van der Waals surface area contributed by atoms with Crippen LogP contribution in [0.1, 0.15) is 11.1 Å². The van der Waals surface area contributed by atoms with Gasteiger partial charge >= 0.3 is 0 Å². The van der Waals surface area contributed by atoms with Gasteiger partial charge in [-0.3, -0.25) is 9.98 Å². The number of benzene rings is 2. The lowest BCUT2D eigenvalue weighted by Gasteiger charge is -2.15. The Hall–Kier alpha value is -3.63. The Morgan fingerprint density at radius 2 is 1.88 bits per heavy atom. The number of nitrogens with zero attached hydrogens (tertiary/aromatic N) is 2. The first-order chi connectivity index (χ1) is 16.3. The van der Waals surface area contributed by atoms with E-state index in [1.165, 1.54) is 13.1 Å². The summed E-state index contributed by atoms with van der Waals surface area (Å²) < 4.78 is 52.8. The Kier molecular flexibility index (Phi) is 8.44. The fourth-order valence-electron chi connectivity index (χ4n) is 3.09. The normalized spacial score (nSPS) is 12.3. The third kappa shape index (κ3) is 6.93. The van der Waals surface area contributed by atoms with E-state index in [1.54, 1.807) is 42.9 Å². The number of aromatic nitrogens is 1. The van der Waals surface area contributed by atoms with E-state index in [2.05, 4.69) is 20.0 Å². The van der Waals surface area contributed by atoms with Crippen LogP contribution >= 0.6 is 0 Å². The molecule has 0 aliphatic rings. The van der Waals surface area contributed by atoms with Crippen LogP contribution in [0.25, 0.3) is 16.8 Å². The van der Waals surface area contributed by atoms with Crippen LogP contribution in [-0.4, -0.2) is 39.0 Å². The Bertz CT molecular complexity index is 1300. The molecule has 0 aliphatic carbocycles. The summed E-state index contributed by atoms with van der Waals surface area (Å²) in [4.78, 5) is 8.36. The smallest absolute Gasteiger partial charge is 0.213 e. The zero-order chi connectivity index (χ0) is 24.6. The van der Waals surface area contributed by atoms with E-state index >= 15 is 0 Å².